The Morgan fingerprint density at radius 2 is 2.14 bits per heavy atom. The molecule has 7 heteroatoms. The van der Waals surface area contributed by atoms with E-state index in [1.165, 1.54) is 6.07 Å². The Bertz CT molecular complexity index is 329. The van der Waals surface area contributed by atoms with Crippen LogP contribution < -0.4 is 4.74 Å². The maximum atomic E-state index is 11.8. The van der Waals surface area contributed by atoms with Gasteiger partial charge in [0.25, 0.3) is 0 Å². The Labute approximate surface area is 85.7 Å². The quantitative estimate of drug-likeness (QED) is 0.897. The fraction of sp³-hybridized carbons (Fsp3) is 0.286. The molecule has 3 nitrogen and oxygen atoms in total. The summed E-state index contributed by atoms with van der Waals surface area (Å²) in [4.78, 5) is 3.39. The third-order valence-electron chi connectivity index (χ3n) is 1.26. The first-order valence-corrected chi connectivity index (χ1v) is 4.22. The predicted molar refractivity (Wildman–Crippen MR) is 44.5 cm³/mol. The van der Waals surface area contributed by atoms with Crippen molar-refractivity contribution < 1.29 is 23.0 Å². The van der Waals surface area contributed by atoms with Crippen LogP contribution in [0.4, 0.5) is 13.2 Å². The molecule has 0 fully saturated rings. The summed E-state index contributed by atoms with van der Waals surface area (Å²) < 4.78 is 38.9. The van der Waals surface area contributed by atoms with Gasteiger partial charge in [0.05, 0.1) is 11.1 Å². The molecule has 0 atom stereocenters. The van der Waals surface area contributed by atoms with Gasteiger partial charge in [0.2, 0.25) is 5.88 Å². The molecule has 0 amide bonds. The molecule has 1 aromatic heterocycles. The van der Waals surface area contributed by atoms with Crippen LogP contribution in [0.15, 0.2) is 16.7 Å². The zero-order valence-electron chi connectivity index (χ0n) is 6.68. The molecule has 1 heterocycles. The zero-order chi connectivity index (χ0) is 10.8. The number of aliphatic hydroxyl groups excluding tert-OH is 1. The van der Waals surface area contributed by atoms with Crippen LogP contribution in [0.25, 0.3) is 0 Å². The molecule has 0 radical (unpaired) electrons. The van der Waals surface area contributed by atoms with Crippen LogP contribution in [0.1, 0.15) is 5.56 Å². The summed E-state index contributed by atoms with van der Waals surface area (Å²) >= 11 is 2.84. The van der Waals surface area contributed by atoms with E-state index >= 15 is 0 Å². The molecule has 0 aliphatic rings. The first kappa shape index (κ1) is 11.3. The summed E-state index contributed by atoms with van der Waals surface area (Å²) in [5.74, 6) is -0.574. The molecule has 0 aliphatic heterocycles. The Balaban J connectivity index is 2.89. The second-order valence-corrected chi connectivity index (χ2v) is 3.19. The van der Waals surface area contributed by atoms with Crippen LogP contribution in [-0.2, 0) is 6.61 Å². The van der Waals surface area contributed by atoms with E-state index in [-0.39, 0.29) is 11.1 Å². The molecule has 1 aromatic rings. The van der Waals surface area contributed by atoms with Crippen molar-refractivity contribution in [2.45, 2.75) is 13.0 Å². The summed E-state index contributed by atoms with van der Waals surface area (Å²) in [6, 6.07) is 1.30. The van der Waals surface area contributed by atoms with Gasteiger partial charge in [-0.15, -0.1) is 13.2 Å². The van der Waals surface area contributed by atoms with Crippen molar-refractivity contribution >= 4 is 15.9 Å². The second kappa shape index (κ2) is 4.14. The number of hydrogen-bond donors (Lipinski definition) is 1. The highest BCUT2D eigenvalue weighted by atomic mass is 79.9. The van der Waals surface area contributed by atoms with Crippen LogP contribution in [0.2, 0.25) is 0 Å². The lowest BCUT2D eigenvalue weighted by molar-refractivity contribution is -0.276. The van der Waals surface area contributed by atoms with Crippen LogP contribution >= 0.6 is 15.9 Å². The number of ether oxygens (including phenoxy) is 1. The smallest absolute Gasteiger partial charge is 0.392 e. The summed E-state index contributed by atoms with van der Waals surface area (Å²) in [6.07, 6.45) is -3.66. The molecule has 78 valence electrons. The third kappa shape index (κ3) is 3.15. The largest absolute Gasteiger partial charge is 0.574 e. The molecular formula is C7H5BrF3NO2. The highest BCUT2D eigenvalue weighted by molar-refractivity contribution is 9.10. The Morgan fingerprint density at radius 1 is 1.50 bits per heavy atom. The average molecular weight is 272 g/mol. The lowest BCUT2D eigenvalue weighted by atomic mass is 10.3. The van der Waals surface area contributed by atoms with Gasteiger partial charge in [0, 0.05) is 6.20 Å². The molecule has 0 aliphatic carbocycles. The van der Waals surface area contributed by atoms with Gasteiger partial charge in [-0.05, 0) is 27.6 Å². The summed E-state index contributed by atoms with van der Waals surface area (Å²) in [5, 5.41) is 8.66. The monoisotopic (exact) mass is 271 g/mol. The Hall–Kier alpha value is -0.820. The SMILES string of the molecule is OCc1cnc(OC(F)(F)F)c(Br)c1. The van der Waals surface area contributed by atoms with Crippen molar-refractivity contribution in [2.24, 2.45) is 0 Å². The van der Waals surface area contributed by atoms with Crippen LogP contribution in [0.3, 0.4) is 0 Å². The van der Waals surface area contributed by atoms with E-state index in [4.69, 9.17) is 5.11 Å². The minimum Gasteiger partial charge on any atom is -0.392 e. The van der Waals surface area contributed by atoms with Gasteiger partial charge in [-0.1, -0.05) is 0 Å². The number of alkyl halides is 3. The van der Waals surface area contributed by atoms with Gasteiger partial charge in [-0.25, -0.2) is 4.98 Å². The van der Waals surface area contributed by atoms with Gasteiger partial charge in [0.15, 0.2) is 0 Å². The summed E-state index contributed by atoms with van der Waals surface area (Å²) in [7, 11) is 0. The van der Waals surface area contributed by atoms with Crippen molar-refractivity contribution in [3.63, 3.8) is 0 Å². The van der Waals surface area contributed by atoms with Crippen molar-refractivity contribution in [1.82, 2.24) is 4.98 Å². The number of halogens is 4. The second-order valence-electron chi connectivity index (χ2n) is 2.34. The number of pyridine rings is 1. The Morgan fingerprint density at radius 3 is 2.57 bits per heavy atom. The number of aromatic nitrogens is 1. The fourth-order valence-electron chi connectivity index (χ4n) is 0.736. The van der Waals surface area contributed by atoms with Crippen molar-refractivity contribution in [3.05, 3.63) is 22.3 Å². The topological polar surface area (TPSA) is 42.4 Å². The van der Waals surface area contributed by atoms with Gasteiger partial charge in [-0.3, -0.25) is 0 Å². The van der Waals surface area contributed by atoms with Crippen LogP contribution in [0, 0.1) is 0 Å². The molecule has 0 bridgehead atoms. The lowest BCUT2D eigenvalue weighted by Crippen LogP contribution is -2.18. The first-order chi connectivity index (χ1) is 6.42. The predicted octanol–water partition coefficient (Wildman–Crippen LogP) is 2.24. The highest BCUT2D eigenvalue weighted by Gasteiger charge is 2.32. The Kier molecular flexibility index (Phi) is 3.33. The average Bonchev–Trinajstić information content (AvgIpc) is 2.06. The van der Waals surface area contributed by atoms with Crippen LogP contribution in [-0.4, -0.2) is 16.5 Å². The van der Waals surface area contributed by atoms with E-state index in [1.807, 2.05) is 0 Å². The maximum Gasteiger partial charge on any atom is 0.574 e. The van der Waals surface area contributed by atoms with E-state index in [0.717, 1.165) is 6.20 Å². The van der Waals surface area contributed by atoms with Crippen LogP contribution in [0.5, 0.6) is 5.88 Å². The van der Waals surface area contributed by atoms with Crippen molar-refractivity contribution in [2.75, 3.05) is 0 Å². The number of aliphatic hydroxyl groups is 1. The molecule has 1 N–H and O–H groups in total. The summed E-state index contributed by atoms with van der Waals surface area (Å²) in [6.45, 7) is -0.294. The van der Waals surface area contributed by atoms with Gasteiger partial charge in [0.1, 0.15) is 0 Å². The lowest BCUT2D eigenvalue weighted by Gasteiger charge is -2.09. The van der Waals surface area contributed by atoms with Crippen molar-refractivity contribution in [1.29, 1.82) is 0 Å². The molecule has 0 saturated carbocycles. The number of hydrogen-bond acceptors (Lipinski definition) is 3. The number of nitrogens with zero attached hydrogens (tertiary/aromatic N) is 1. The van der Waals surface area contributed by atoms with E-state index in [0.29, 0.717) is 5.56 Å². The molecular weight excluding hydrogens is 267 g/mol. The standard InChI is InChI=1S/C7H5BrF3NO2/c8-5-1-4(3-13)2-12-6(5)14-7(9,10)11/h1-2,13H,3H2. The number of rotatable bonds is 2. The van der Waals surface area contributed by atoms with Gasteiger partial charge >= 0.3 is 6.36 Å². The summed E-state index contributed by atoms with van der Waals surface area (Å²) in [5.41, 5.74) is 0.395. The van der Waals surface area contributed by atoms with E-state index in [9.17, 15) is 13.2 Å². The fourth-order valence-corrected chi connectivity index (χ4v) is 1.21. The van der Waals surface area contributed by atoms with E-state index in [2.05, 4.69) is 25.7 Å². The minimum atomic E-state index is -4.77. The van der Waals surface area contributed by atoms with Crippen molar-refractivity contribution in [3.8, 4) is 5.88 Å². The van der Waals surface area contributed by atoms with Gasteiger partial charge < -0.3 is 9.84 Å². The normalized spacial score (nSPS) is 11.5. The van der Waals surface area contributed by atoms with E-state index in [1.54, 1.807) is 0 Å². The van der Waals surface area contributed by atoms with E-state index < -0.39 is 12.2 Å². The third-order valence-corrected chi connectivity index (χ3v) is 1.83. The van der Waals surface area contributed by atoms with Gasteiger partial charge in [-0.2, -0.15) is 0 Å². The maximum absolute atomic E-state index is 11.8. The molecule has 0 spiro atoms. The molecule has 0 aromatic carbocycles. The zero-order valence-corrected chi connectivity index (χ0v) is 8.26. The molecule has 0 saturated heterocycles. The molecule has 1 rings (SSSR count). The minimum absolute atomic E-state index is 0.0429. The molecule has 14 heavy (non-hydrogen) atoms. The molecule has 0 unspecified atom stereocenters. The highest BCUT2D eigenvalue weighted by Crippen LogP contribution is 2.28. The first-order valence-electron chi connectivity index (χ1n) is 3.43.